The summed E-state index contributed by atoms with van der Waals surface area (Å²) >= 11 is 0. The van der Waals surface area contributed by atoms with Crippen LogP contribution in [0.4, 0.5) is 0 Å². The maximum atomic E-state index is 5.41. The van der Waals surface area contributed by atoms with E-state index in [-0.39, 0.29) is 0 Å². The third-order valence-electron chi connectivity index (χ3n) is 4.26. The fourth-order valence-electron chi connectivity index (χ4n) is 2.94. The lowest BCUT2D eigenvalue weighted by Gasteiger charge is -2.28. The Kier molecular flexibility index (Phi) is 5.41. The molecule has 1 aromatic carbocycles. The summed E-state index contributed by atoms with van der Waals surface area (Å²) in [4.78, 5) is 2.54. The summed E-state index contributed by atoms with van der Waals surface area (Å²) in [6.07, 6.45) is 2.50. The number of nitrogens with zero attached hydrogens (tertiary/aromatic N) is 1. The Morgan fingerprint density at radius 2 is 1.95 bits per heavy atom. The van der Waals surface area contributed by atoms with Crippen LogP contribution in [0.25, 0.3) is 0 Å². The number of rotatable bonds is 5. The van der Waals surface area contributed by atoms with Crippen LogP contribution in [0, 0.1) is 13.8 Å². The molecule has 0 bridgehead atoms. The van der Waals surface area contributed by atoms with Crippen molar-refractivity contribution < 1.29 is 4.74 Å². The topological polar surface area (TPSA) is 12.5 Å². The summed E-state index contributed by atoms with van der Waals surface area (Å²) < 4.78 is 5.41. The van der Waals surface area contributed by atoms with Gasteiger partial charge in [0, 0.05) is 13.1 Å². The zero-order valence-corrected chi connectivity index (χ0v) is 12.6. The second-order valence-electron chi connectivity index (χ2n) is 5.71. The molecular weight excluding hydrogens is 234 g/mol. The van der Waals surface area contributed by atoms with E-state index in [0.717, 1.165) is 26.3 Å². The van der Waals surface area contributed by atoms with Gasteiger partial charge in [-0.2, -0.15) is 0 Å². The molecule has 2 nitrogen and oxygen atoms in total. The van der Waals surface area contributed by atoms with E-state index in [1.165, 1.54) is 30.5 Å². The predicted octanol–water partition coefficient (Wildman–Crippen LogP) is 3.52. The highest BCUT2D eigenvalue weighted by molar-refractivity contribution is 5.33. The Balaban J connectivity index is 1.97. The average molecular weight is 261 g/mol. The molecule has 1 unspecified atom stereocenters. The summed E-state index contributed by atoms with van der Waals surface area (Å²) in [5.41, 5.74) is 4.38. The van der Waals surface area contributed by atoms with E-state index in [1.54, 1.807) is 5.56 Å². The van der Waals surface area contributed by atoms with Gasteiger partial charge in [0.1, 0.15) is 0 Å². The number of aryl methyl sites for hydroxylation is 2. The number of hydrogen-bond donors (Lipinski definition) is 0. The van der Waals surface area contributed by atoms with Crippen LogP contribution in [0.5, 0.6) is 0 Å². The molecule has 0 N–H and O–H groups in total. The van der Waals surface area contributed by atoms with Gasteiger partial charge in [-0.25, -0.2) is 0 Å². The van der Waals surface area contributed by atoms with E-state index in [0.29, 0.717) is 5.92 Å². The minimum absolute atomic E-state index is 0.697. The monoisotopic (exact) mass is 261 g/mol. The predicted molar refractivity (Wildman–Crippen MR) is 80.8 cm³/mol. The van der Waals surface area contributed by atoms with Gasteiger partial charge >= 0.3 is 0 Å². The van der Waals surface area contributed by atoms with E-state index in [2.05, 4.69) is 43.9 Å². The molecule has 1 fully saturated rings. The molecule has 0 aromatic heterocycles. The third-order valence-corrected chi connectivity index (χ3v) is 4.26. The molecule has 0 radical (unpaired) electrons. The van der Waals surface area contributed by atoms with Crippen molar-refractivity contribution in [2.24, 2.45) is 0 Å². The Labute approximate surface area is 117 Å². The van der Waals surface area contributed by atoms with Crippen molar-refractivity contribution >= 4 is 0 Å². The summed E-state index contributed by atoms with van der Waals surface area (Å²) in [5.74, 6) is 0.697. The maximum absolute atomic E-state index is 5.41. The molecule has 1 aromatic rings. The minimum Gasteiger partial charge on any atom is -0.379 e. The highest BCUT2D eigenvalue weighted by atomic mass is 16.5. The molecule has 19 heavy (non-hydrogen) atoms. The van der Waals surface area contributed by atoms with Crippen LogP contribution >= 0.6 is 0 Å². The molecule has 0 saturated carbocycles. The maximum Gasteiger partial charge on any atom is 0.0594 e. The Morgan fingerprint density at radius 1 is 1.21 bits per heavy atom. The summed E-state index contributed by atoms with van der Waals surface area (Å²) in [6, 6.07) is 6.86. The van der Waals surface area contributed by atoms with Gasteiger partial charge in [-0.1, -0.05) is 30.7 Å². The Hall–Kier alpha value is -0.860. The third kappa shape index (κ3) is 4.05. The van der Waals surface area contributed by atoms with E-state index in [1.807, 2.05) is 0 Å². The van der Waals surface area contributed by atoms with E-state index >= 15 is 0 Å². The summed E-state index contributed by atoms with van der Waals surface area (Å²) in [6.45, 7) is 12.0. The van der Waals surface area contributed by atoms with Crippen molar-refractivity contribution in [2.45, 2.75) is 39.5 Å². The summed E-state index contributed by atoms with van der Waals surface area (Å²) in [5, 5.41) is 0. The van der Waals surface area contributed by atoms with Crippen LogP contribution in [0.2, 0.25) is 0 Å². The zero-order chi connectivity index (χ0) is 13.7. The molecule has 1 aliphatic rings. The lowest BCUT2D eigenvalue weighted by Crippen LogP contribution is -2.37. The van der Waals surface area contributed by atoms with Crippen LogP contribution in [-0.2, 0) is 4.74 Å². The molecule has 0 amide bonds. The van der Waals surface area contributed by atoms with Gasteiger partial charge in [0.25, 0.3) is 0 Å². The molecule has 1 atom stereocenters. The van der Waals surface area contributed by atoms with Crippen LogP contribution in [0.15, 0.2) is 18.2 Å². The highest BCUT2D eigenvalue weighted by Gasteiger charge is 2.15. The van der Waals surface area contributed by atoms with Crippen LogP contribution < -0.4 is 0 Å². The number of benzene rings is 1. The SMILES string of the molecule is CCC(CCN1CCOCC1)c1cc(C)ccc1C. The van der Waals surface area contributed by atoms with Crippen molar-refractivity contribution in [2.75, 3.05) is 32.8 Å². The van der Waals surface area contributed by atoms with Gasteiger partial charge in [0.05, 0.1) is 13.2 Å². The van der Waals surface area contributed by atoms with Crippen LogP contribution in [-0.4, -0.2) is 37.7 Å². The molecule has 1 aliphatic heterocycles. The van der Waals surface area contributed by atoms with Crippen molar-refractivity contribution in [3.05, 3.63) is 34.9 Å². The molecule has 1 heterocycles. The second kappa shape index (κ2) is 7.06. The van der Waals surface area contributed by atoms with E-state index < -0.39 is 0 Å². The molecule has 0 aliphatic carbocycles. The molecule has 2 rings (SSSR count). The Bertz CT molecular complexity index is 396. The van der Waals surface area contributed by atoms with Gasteiger partial charge in [-0.05, 0) is 50.3 Å². The first-order chi connectivity index (χ1) is 9.20. The lowest BCUT2D eigenvalue weighted by atomic mass is 9.88. The van der Waals surface area contributed by atoms with Crippen molar-refractivity contribution in [1.82, 2.24) is 4.90 Å². The van der Waals surface area contributed by atoms with Gasteiger partial charge in [-0.3, -0.25) is 4.90 Å². The second-order valence-corrected chi connectivity index (χ2v) is 5.71. The van der Waals surface area contributed by atoms with Crippen molar-refractivity contribution in [3.8, 4) is 0 Å². The van der Waals surface area contributed by atoms with Gasteiger partial charge in [0.15, 0.2) is 0 Å². The fraction of sp³-hybridized carbons (Fsp3) is 0.647. The normalized spacial score (nSPS) is 18.5. The molecular formula is C17H27NO. The number of ether oxygens (including phenoxy) is 1. The molecule has 2 heteroatoms. The fourth-order valence-corrected chi connectivity index (χ4v) is 2.94. The van der Waals surface area contributed by atoms with Crippen molar-refractivity contribution in [1.29, 1.82) is 0 Å². The van der Waals surface area contributed by atoms with Gasteiger partial charge in [0.2, 0.25) is 0 Å². The number of hydrogen-bond acceptors (Lipinski definition) is 2. The van der Waals surface area contributed by atoms with Crippen molar-refractivity contribution in [3.63, 3.8) is 0 Å². The zero-order valence-electron chi connectivity index (χ0n) is 12.6. The van der Waals surface area contributed by atoms with Crippen LogP contribution in [0.3, 0.4) is 0 Å². The minimum atomic E-state index is 0.697. The van der Waals surface area contributed by atoms with Crippen LogP contribution in [0.1, 0.15) is 42.4 Å². The molecule has 0 spiro atoms. The first kappa shape index (κ1) is 14.5. The molecule has 106 valence electrons. The van der Waals surface area contributed by atoms with Gasteiger partial charge < -0.3 is 4.74 Å². The molecule has 1 saturated heterocycles. The average Bonchev–Trinajstić information content (AvgIpc) is 2.44. The highest BCUT2D eigenvalue weighted by Crippen LogP contribution is 2.27. The lowest BCUT2D eigenvalue weighted by molar-refractivity contribution is 0.0365. The standard InChI is InChI=1S/C17H27NO/c1-4-16(7-8-18-9-11-19-12-10-18)17-13-14(2)5-6-15(17)3/h5-6,13,16H,4,7-12H2,1-3H3. The van der Waals surface area contributed by atoms with E-state index in [9.17, 15) is 0 Å². The summed E-state index contributed by atoms with van der Waals surface area (Å²) in [7, 11) is 0. The first-order valence-corrected chi connectivity index (χ1v) is 7.58. The van der Waals surface area contributed by atoms with E-state index in [4.69, 9.17) is 4.74 Å². The largest absolute Gasteiger partial charge is 0.379 e. The van der Waals surface area contributed by atoms with Gasteiger partial charge in [-0.15, -0.1) is 0 Å². The first-order valence-electron chi connectivity index (χ1n) is 7.58. The quantitative estimate of drug-likeness (QED) is 0.804. The smallest absolute Gasteiger partial charge is 0.0594 e. The Morgan fingerprint density at radius 3 is 2.63 bits per heavy atom. The number of morpholine rings is 1.